The van der Waals surface area contributed by atoms with E-state index in [1.54, 1.807) is 7.05 Å². The minimum Gasteiger partial charge on any atom is -0.384 e. The number of fused-ring (bicyclic) bond motifs is 3. The smallest absolute Gasteiger partial charge is 0.237 e. The highest BCUT2D eigenvalue weighted by Gasteiger charge is 2.26. The number of hydrogen-bond acceptors (Lipinski definition) is 10. The van der Waals surface area contributed by atoms with Gasteiger partial charge in [-0.3, -0.25) is 34.8 Å². The molecule has 14 nitrogen and oxygen atoms in total. The average molecular weight is 844 g/mol. The SMILES string of the molecule is CN=C(N)c1ccc(CNC(=O)C2Cc3ccc(cc3)NC(=O)CCN3CCN(CCC(=O)Nc4ccc(cc4)CC(NC(O)CCCc4ccccc4)C(=O)CN2)CC3)cc1. The van der Waals surface area contributed by atoms with E-state index >= 15 is 0 Å². The molecule has 5 aliphatic heterocycles. The van der Waals surface area contributed by atoms with Gasteiger partial charge in [-0.05, 0) is 78.6 Å². The summed E-state index contributed by atoms with van der Waals surface area (Å²) in [6.45, 7) is 4.70. The van der Waals surface area contributed by atoms with E-state index in [2.05, 4.69) is 53.5 Å². The number of piperazine rings is 1. The first-order valence-corrected chi connectivity index (χ1v) is 21.7. The number of carbonyl (C=O) groups excluding carboxylic acids is 4. The highest BCUT2D eigenvalue weighted by atomic mass is 16.3. The lowest BCUT2D eigenvalue weighted by molar-refractivity contribution is -0.124. The number of amidine groups is 1. The highest BCUT2D eigenvalue weighted by Crippen LogP contribution is 2.16. The van der Waals surface area contributed by atoms with Gasteiger partial charge in [0.15, 0.2) is 5.78 Å². The third kappa shape index (κ3) is 14.7. The van der Waals surface area contributed by atoms with E-state index in [0.29, 0.717) is 49.6 Å². The lowest BCUT2D eigenvalue weighted by Gasteiger charge is -2.34. The lowest BCUT2D eigenvalue weighted by atomic mass is 10.00. The second kappa shape index (κ2) is 23.4. The lowest BCUT2D eigenvalue weighted by Crippen LogP contribution is -2.52. The van der Waals surface area contributed by atoms with E-state index in [0.717, 1.165) is 61.3 Å². The number of hydrogen-bond donors (Lipinski definition) is 7. The largest absolute Gasteiger partial charge is 0.384 e. The van der Waals surface area contributed by atoms with Crippen molar-refractivity contribution < 1.29 is 24.3 Å². The molecular weight excluding hydrogens is 783 g/mol. The summed E-state index contributed by atoms with van der Waals surface area (Å²) in [5.41, 5.74) is 11.8. The van der Waals surface area contributed by atoms with Gasteiger partial charge in [0.05, 0.1) is 18.6 Å². The molecule has 0 radical (unpaired) electrons. The number of aliphatic imine (C=N–C) groups is 1. The Morgan fingerprint density at radius 2 is 1.32 bits per heavy atom. The Morgan fingerprint density at radius 3 is 1.89 bits per heavy atom. The standard InChI is InChI=1S/C48H61N9O5/c1-50-47(49)38-16-10-37(11-17-38)32-52-48(62)42-31-36-14-20-40(21-15-36)54-46(61)23-25-57-28-26-56(27-29-57)24-22-45(60)53-39-18-12-35(13-19-39)30-41(43(58)33-51-42)55-44(59)9-5-8-34-6-3-2-4-7-34/h2-4,6-7,10-21,41-42,44,51,55,59H,5,8-9,22-33H2,1H3,(H2,49,50)(H,52,62)(H,53,60)(H,54,61). The number of nitrogens with zero attached hydrogens (tertiary/aromatic N) is 3. The molecule has 0 saturated carbocycles. The van der Waals surface area contributed by atoms with Gasteiger partial charge in [-0.15, -0.1) is 0 Å². The number of aryl methyl sites for hydroxylation is 1. The second-order valence-corrected chi connectivity index (χ2v) is 16.1. The Morgan fingerprint density at radius 1 is 0.758 bits per heavy atom. The molecule has 3 atom stereocenters. The zero-order chi connectivity index (χ0) is 43.7. The minimum atomic E-state index is -0.942. The summed E-state index contributed by atoms with van der Waals surface area (Å²) < 4.78 is 0. The molecule has 0 aromatic heterocycles. The third-order valence-corrected chi connectivity index (χ3v) is 11.5. The second-order valence-electron chi connectivity index (χ2n) is 16.1. The fourth-order valence-corrected chi connectivity index (χ4v) is 7.69. The van der Waals surface area contributed by atoms with Crippen LogP contribution in [0.3, 0.4) is 0 Å². The van der Waals surface area contributed by atoms with Crippen molar-refractivity contribution in [2.45, 2.75) is 69.8 Å². The summed E-state index contributed by atoms with van der Waals surface area (Å²) >= 11 is 0. The maximum atomic E-state index is 14.2. The van der Waals surface area contributed by atoms with Crippen molar-refractivity contribution in [2.75, 3.05) is 63.5 Å². The van der Waals surface area contributed by atoms with E-state index in [9.17, 15) is 24.3 Å². The molecule has 4 aromatic rings. The average Bonchev–Trinajstić information content (AvgIpc) is 3.29. The van der Waals surface area contributed by atoms with Crippen molar-refractivity contribution in [1.29, 1.82) is 0 Å². The molecule has 14 heteroatoms. The molecule has 5 heterocycles. The molecule has 1 saturated heterocycles. The van der Waals surface area contributed by atoms with Crippen LogP contribution in [0.25, 0.3) is 0 Å². The predicted octanol–water partition coefficient (Wildman–Crippen LogP) is 3.24. The van der Waals surface area contributed by atoms with Gasteiger partial charge in [0.25, 0.3) is 0 Å². The van der Waals surface area contributed by atoms with Gasteiger partial charge in [0, 0.05) is 82.6 Å². The molecule has 3 unspecified atom stereocenters. The molecule has 9 rings (SSSR count). The topological polar surface area (TPSA) is 194 Å². The van der Waals surface area contributed by atoms with Gasteiger partial charge >= 0.3 is 0 Å². The van der Waals surface area contributed by atoms with Crippen molar-refractivity contribution in [3.63, 3.8) is 0 Å². The van der Waals surface area contributed by atoms with Crippen LogP contribution in [0.15, 0.2) is 108 Å². The van der Waals surface area contributed by atoms with Gasteiger partial charge in [-0.2, -0.15) is 0 Å². The Bertz CT molecular complexity index is 2090. The molecule has 8 N–H and O–H groups in total. The van der Waals surface area contributed by atoms with Gasteiger partial charge < -0.3 is 36.6 Å². The van der Waals surface area contributed by atoms with Crippen molar-refractivity contribution in [3.05, 3.63) is 131 Å². The maximum Gasteiger partial charge on any atom is 0.237 e. The predicted molar refractivity (Wildman–Crippen MR) is 244 cm³/mol. The number of aliphatic hydroxyl groups is 1. The van der Waals surface area contributed by atoms with Crippen molar-refractivity contribution in [2.24, 2.45) is 10.7 Å². The van der Waals surface area contributed by atoms with E-state index in [-0.39, 0.29) is 49.4 Å². The molecule has 1 fully saturated rings. The van der Waals surface area contributed by atoms with Crippen molar-refractivity contribution in [3.8, 4) is 0 Å². The van der Waals surface area contributed by atoms with Gasteiger partial charge in [-0.25, -0.2) is 0 Å². The zero-order valence-corrected chi connectivity index (χ0v) is 35.7. The number of benzene rings is 4. The van der Waals surface area contributed by atoms with Crippen molar-refractivity contribution >= 4 is 40.7 Å². The number of amides is 3. The van der Waals surface area contributed by atoms with Gasteiger partial charge in [0.2, 0.25) is 17.7 Å². The first kappa shape index (κ1) is 45.7. The fourth-order valence-electron chi connectivity index (χ4n) is 7.69. The quantitative estimate of drug-likeness (QED) is 0.0709. The summed E-state index contributed by atoms with van der Waals surface area (Å²) in [5, 5.41) is 26.6. The monoisotopic (exact) mass is 843 g/mol. The summed E-state index contributed by atoms with van der Waals surface area (Å²) in [5.74, 6) is -0.250. The van der Waals surface area contributed by atoms with Crippen molar-refractivity contribution in [1.82, 2.24) is 25.8 Å². The molecule has 6 bridgehead atoms. The Balaban J connectivity index is 1.19. The van der Waals surface area contributed by atoms with E-state index in [1.165, 1.54) is 5.56 Å². The highest BCUT2D eigenvalue weighted by molar-refractivity contribution is 5.97. The molecule has 328 valence electrons. The summed E-state index contributed by atoms with van der Waals surface area (Å²) in [7, 11) is 1.63. The van der Waals surface area contributed by atoms with Gasteiger partial charge in [0.1, 0.15) is 12.1 Å². The van der Waals surface area contributed by atoms with Crippen LogP contribution in [0.5, 0.6) is 0 Å². The number of Topliss-reactive ketones (excluding diaryl/α,β-unsaturated/α-hetero) is 1. The Kier molecular flexibility index (Phi) is 17.3. The number of nitrogens with two attached hydrogens (primary N) is 1. The van der Waals surface area contributed by atoms with E-state index in [1.807, 2.05) is 91.0 Å². The van der Waals surface area contributed by atoms with Crippen LogP contribution in [-0.2, 0) is 45.0 Å². The fraction of sp³-hybridized carbons (Fsp3) is 0.396. The number of anilines is 2. The van der Waals surface area contributed by atoms with Crippen LogP contribution in [0.1, 0.15) is 53.5 Å². The Labute approximate surface area is 364 Å². The van der Waals surface area contributed by atoms with E-state index < -0.39 is 18.3 Å². The van der Waals surface area contributed by atoms with Crippen LogP contribution in [-0.4, -0.2) is 115 Å². The molecule has 0 spiro atoms. The Hall–Kier alpha value is -5.77. The summed E-state index contributed by atoms with van der Waals surface area (Å²) in [6, 6.07) is 30.8. The van der Waals surface area contributed by atoms with E-state index in [4.69, 9.17) is 5.73 Å². The normalized spacial score (nSPS) is 21.5. The molecular formula is C48H61N9O5. The number of ketones is 1. The maximum absolute atomic E-state index is 14.2. The number of aliphatic hydroxyl groups excluding tert-OH is 1. The van der Waals surface area contributed by atoms with Crippen LogP contribution in [0, 0.1) is 0 Å². The zero-order valence-electron chi connectivity index (χ0n) is 35.7. The first-order valence-electron chi connectivity index (χ1n) is 21.7. The summed E-state index contributed by atoms with van der Waals surface area (Å²) in [4.78, 5) is 62.5. The minimum absolute atomic E-state index is 0.0785. The third-order valence-electron chi connectivity index (χ3n) is 11.5. The molecule has 5 aliphatic rings. The van der Waals surface area contributed by atoms with Crippen LogP contribution < -0.4 is 32.3 Å². The van der Waals surface area contributed by atoms with Crippen LogP contribution in [0.4, 0.5) is 11.4 Å². The first-order chi connectivity index (χ1) is 30.1. The molecule has 62 heavy (non-hydrogen) atoms. The molecule has 0 aliphatic carbocycles. The number of rotatable bonds is 10. The number of carbonyl (C=O) groups is 4. The molecule has 3 amide bonds. The van der Waals surface area contributed by atoms with Crippen LogP contribution >= 0.6 is 0 Å². The molecule has 4 aromatic carbocycles. The number of nitrogens with one attached hydrogen (secondary N) is 5. The van der Waals surface area contributed by atoms with Crippen LogP contribution in [0.2, 0.25) is 0 Å². The van der Waals surface area contributed by atoms with Gasteiger partial charge in [-0.1, -0.05) is 78.9 Å². The summed E-state index contributed by atoms with van der Waals surface area (Å²) in [6.07, 6.45) is 2.27.